The van der Waals surface area contributed by atoms with Gasteiger partial charge < -0.3 is 9.64 Å². The number of nitrogens with zero attached hydrogens (tertiary/aromatic N) is 4. The highest BCUT2D eigenvalue weighted by Crippen LogP contribution is 2.43. The summed E-state index contributed by atoms with van der Waals surface area (Å²) < 4.78 is 6.57. The monoisotopic (exact) mass is 514 g/mol. The molecular weight excluding hydrogens is 484 g/mol. The van der Waals surface area contributed by atoms with Gasteiger partial charge in [0.15, 0.2) is 5.84 Å². The minimum atomic E-state index is 0. The second-order valence-electron chi connectivity index (χ2n) is 8.57. The molecule has 0 N–H and O–H groups in total. The van der Waals surface area contributed by atoms with Gasteiger partial charge in [0.05, 0.1) is 22.0 Å². The van der Waals surface area contributed by atoms with E-state index in [4.69, 9.17) is 14.7 Å². The van der Waals surface area contributed by atoms with E-state index < -0.39 is 0 Å². The van der Waals surface area contributed by atoms with E-state index in [0.29, 0.717) is 6.04 Å². The first-order valence-electron chi connectivity index (χ1n) is 11.6. The molecule has 1 atom stereocenters. The molecule has 1 saturated heterocycles. The first kappa shape index (κ1) is 25.0. The third-order valence-electron chi connectivity index (χ3n) is 6.45. The number of fused-ring (bicyclic) bond motifs is 2. The first-order chi connectivity index (χ1) is 16.1. The second-order valence-corrected chi connectivity index (χ2v) is 11.0. The normalized spacial score (nSPS) is 17.8. The van der Waals surface area contributed by atoms with Crippen LogP contribution in [0, 0.1) is 0 Å². The highest BCUT2D eigenvalue weighted by Gasteiger charge is 2.31. The molecule has 8 heteroatoms. The van der Waals surface area contributed by atoms with Crippen LogP contribution in [-0.2, 0) is 12.8 Å². The smallest absolute Gasteiger partial charge is 0.157 e. The maximum Gasteiger partial charge on any atom is 0.157 e. The molecule has 5 nitrogen and oxygen atoms in total. The van der Waals surface area contributed by atoms with Crippen molar-refractivity contribution in [3.05, 3.63) is 64.8 Å². The Kier molecular flexibility index (Phi) is 8.19. The predicted octanol–water partition coefficient (Wildman–Crippen LogP) is 5.93. The molecule has 2 aliphatic heterocycles. The molecule has 5 rings (SSSR count). The van der Waals surface area contributed by atoms with Gasteiger partial charge in [-0.05, 0) is 56.1 Å². The fraction of sp³-hybridized carbons (Fsp3) is 0.385. The summed E-state index contributed by atoms with van der Waals surface area (Å²) in [6, 6.07) is 17.4. The third-order valence-corrected chi connectivity index (χ3v) is 8.89. The number of aryl methyl sites for hydroxylation is 2. The molecule has 1 aromatic heterocycles. The lowest BCUT2D eigenvalue weighted by atomic mass is 10.0. The van der Waals surface area contributed by atoms with Gasteiger partial charge in [0.2, 0.25) is 0 Å². The Bertz CT molecular complexity index is 1150. The summed E-state index contributed by atoms with van der Waals surface area (Å²) in [4.78, 5) is 16.4. The molecule has 0 spiro atoms. The molecular formula is C26H31ClN4OS2. The van der Waals surface area contributed by atoms with Crippen LogP contribution < -0.4 is 4.74 Å². The molecule has 1 fully saturated rings. The fourth-order valence-corrected chi connectivity index (χ4v) is 6.66. The van der Waals surface area contributed by atoms with Crippen LogP contribution in [0.3, 0.4) is 0 Å². The molecule has 3 aromatic rings. The number of piperazine rings is 1. The van der Waals surface area contributed by atoms with Crippen molar-refractivity contribution in [2.75, 3.05) is 33.8 Å². The molecule has 2 aromatic carbocycles. The Morgan fingerprint density at radius 2 is 1.88 bits per heavy atom. The summed E-state index contributed by atoms with van der Waals surface area (Å²) in [6.07, 6.45) is 3.13. The quantitative estimate of drug-likeness (QED) is 0.422. The number of para-hydroxylation sites is 1. The molecule has 34 heavy (non-hydrogen) atoms. The number of ether oxygens (including phenoxy) is 1. The number of benzene rings is 2. The molecule has 0 radical (unpaired) electrons. The molecule has 3 heterocycles. The van der Waals surface area contributed by atoms with Crippen LogP contribution in [-0.4, -0.2) is 60.5 Å². The van der Waals surface area contributed by atoms with E-state index in [-0.39, 0.29) is 12.4 Å². The van der Waals surface area contributed by atoms with Crippen LogP contribution in [0.15, 0.2) is 62.6 Å². The molecule has 0 saturated carbocycles. The molecule has 180 valence electrons. The Morgan fingerprint density at radius 3 is 2.65 bits per heavy atom. The van der Waals surface area contributed by atoms with Crippen molar-refractivity contribution < 1.29 is 4.74 Å². The summed E-state index contributed by atoms with van der Waals surface area (Å²) in [7, 11) is 3.96. The number of amidine groups is 1. The Labute approximate surface area is 216 Å². The van der Waals surface area contributed by atoms with Crippen molar-refractivity contribution in [1.29, 1.82) is 0 Å². The molecule has 0 unspecified atom stereocenters. The van der Waals surface area contributed by atoms with Crippen molar-refractivity contribution in [3.63, 3.8) is 0 Å². The van der Waals surface area contributed by atoms with E-state index >= 15 is 0 Å². The predicted molar refractivity (Wildman–Crippen MR) is 145 cm³/mol. The van der Waals surface area contributed by atoms with E-state index in [1.165, 1.54) is 19.7 Å². The second kappa shape index (κ2) is 11.1. The zero-order valence-electron chi connectivity index (χ0n) is 19.9. The number of likely N-dealkylation sites (N-methyl/N-ethyl adjacent to an activating group) is 1. The number of aliphatic imine (C=N–C) groups is 1. The number of thiazole rings is 1. The number of rotatable bonds is 5. The van der Waals surface area contributed by atoms with Gasteiger partial charge in [-0.25, -0.2) is 9.98 Å². The lowest BCUT2D eigenvalue weighted by molar-refractivity contribution is 0.134. The number of aromatic nitrogens is 1. The number of halogens is 1. The topological polar surface area (TPSA) is 41.0 Å². The molecule has 0 aliphatic carbocycles. The van der Waals surface area contributed by atoms with Crippen LogP contribution in [0.25, 0.3) is 0 Å². The minimum absolute atomic E-state index is 0. The summed E-state index contributed by atoms with van der Waals surface area (Å²) in [5.74, 6) is 1.95. The van der Waals surface area contributed by atoms with Crippen LogP contribution >= 0.6 is 35.5 Å². The minimum Gasteiger partial charge on any atom is -0.497 e. The van der Waals surface area contributed by atoms with Gasteiger partial charge in [0, 0.05) is 30.6 Å². The van der Waals surface area contributed by atoms with Crippen molar-refractivity contribution in [1.82, 2.24) is 14.8 Å². The molecule has 0 bridgehead atoms. The van der Waals surface area contributed by atoms with Crippen LogP contribution in [0.2, 0.25) is 0 Å². The summed E-state index contributed by atoms with van der Waals surface area (Å²) in [6.45, 7) is 5.15. The van der Waals surface area contributed by atoms with Crippen molar-refractivity contribution in [3.8, 4) is 5.75 Å². The van der Waals surface area contributed by atoms with Crippen molar-refractivity contribution in [2.45, 2.75) is 41.3 Å². The average molecular weight is 515 g/mol. The lowest BCUT2D eigenvalue weighted by Gasteiger charge is -2.40. The number of methoxy groups -OCH3 is 1. The van der Waals surface area contributed by atoms with Crippen LogP contribution in [0.5, 0.6) is 5.75 Å². The summed E-state index contributed by atoms with van der Waals surface area (Å²) in [5, 5.41) is 1.18. The standard InChI is InChI=1S/C26H30N4OS2.ClH/c1-4-23-28-24-25(27-21-7-5-6-8-22(21)32-26(24)33-23)30-16-15-29(2)19(17-30)12-9-18-10-13-20(31-3)14-11-18;/h5-8,10-11,13-14,19H,4,9,12,15-17H2,1-3H3;1H/t19-;/m0./s1. The van der Waals surface area contributed by atoms with Crippen molar-refractivity contribution >= 4 is 47.0 Å². The van der Waals surface area contributed by atoms with Gasteiger partial charge in [-0.1, -0.05) is 43.0 Å². The average Bonchev–Trinajstić information content (AvgIpc) is 3.19. The molecule has 2 aliphatic rings. The Hall–Kier alpha value is -2.06. The van der Waals surface area contributed by atoms with Crippen molar-refractivity contribution in [2.24, 2.45) is 4.99 Å². The first-order valence-corrected chi connectivity index (χ1v) is 13.2. The largest absolute Gasteiger partial charge is 0.497 e. The van der Waals surface area contributed by atoms with Crippen LogP contribution in [0.4, 0.5) is 5.69 Å². The van der Waals surface area contributed by atoms with Gasteiger partial charge in [-0.2, -0.15) is 0 Å². The summed E-state index contributed by atoms with van der Waals surface area (Å²) in [5.41, 5.74) is 3.47. The van der Waals surface area contributed by atoms with Gasteiger partial charge >= 0.3 is 0 Å². The maximum absolute atomic E-state index is 5.30. The highest BCUT2D eigenvalue weighted by atomic mass is 35.5. The Morgan fingerprint density at radius 1 is 1.09 bits per heavy atom. The van der Waals surface area contributed by atoms with Gasteiger partial charge in [-0.15, -0.1) is 23.7 Å². The van der Waals surface area contributed by atoms with E-state index in [1.54, 1.807) is 7.11 Å². The van der Waals surface area contributed by atoms with Crippen LogP contribution in [0.1, 0.15) is 29.6 Å². The van der Waals surface area contributed by atoms with E-state index in [9.17, 15) is 0 Å². The maximum atomic E-state index is 5.30. The SMILES string of the molecule is CCc1nc2c(s1)Sc1ccccc1N=C2N1CCN(C)[C@@H](CCc2ccc(OC)cc2)C1.Cl. The Balaban J connectivity index is 0.00000274. The highest BCUT2D eigenvalue weighted by molar-refractivity contribution is 8.01. The number of hydrogen-bond donors (Lipinski definition) is 0. The zero-order chi connectivity index (χ0) is 22.8. The lowest BCUT2D eigenvalue weighted by Crippen LogP contribution is -2.53. The molecule has 0 amide bonds. The fourth-order valence-electron chi connectivity index (χ4n) is 4.41. The van der Waals surface area contributed by atoms with E-state index in [1.807, 2.05) is 23.1 Å². The van der Waals surface area contributed by atoms with Gasteiger partial charge in [0.1, 0.15) is 11.4 Å². The summed E-state index contributed by atoms with van der Waals surface area (Å²) >= 11 is 3.63. The zero-order valence-corrected chi connectivity index (χ0v) is 22.3. The van der Waals surface area contributed by atoms with E-state index in [2.05, 4.69) is 72.3 Å². The van der Waals surface area contributed by atoms with Gasteiger partial charge in [0.25, 0.3) is 0 Å². The van der Waals surface area contributed by atoms with E-state index in [0.717, 1.165) is 61.9 Å². The van der Waals surface area contributed by atoms with Gasteiger partial charge in [-0.3, -0.25) is 4.90 Å². The number of hydrogen-bond acceptors (Lipinski definition) is 7. The third kappa shape index (κ3) is 5.28.